The molecule has 8 nitrogen and oxygen atoms in total. The molecule has 0 bridgehead atoms. The number of carbonyl (C=O) groups excluding carboxylic acids is 1. The molecule has 1 atom stereocenters. The summed E-state index contributed by atoms with van der Waals surface area (Å²) in [5, 5.41) is 9.83. The minimum atomic E-state index is -0.461. The van der Waals surface area contributed by atoms with E-state index in [1.54, 1.807) is 7.05 Å². The van der Waals surface area contributed by atoms with E-state index in [2.05, 4.69) is 20.9 Å². The van der Waals surface area contributed by atoms with Gasteiger partial charge in [0.2, 0.25) is 0 Å². The van der Waals surface area contributed by atoms with Gasteiger partial charge in [-0.1, -0.05) is 0 Å². The molecule has 1 heterocycles. The monoisotopic (exact) mass is 412 g/mol. The molecule has 1 aliphatic carbocycles. The van der Waals surface area contributed by atoms with Crippen LogP contribution in [0.2, 0.25) is 0 Å². The van der Waals surface area contributed by atoms with Crippen molar-refractivity contribution in [1.29, 1.82) is 0 Å². The first kappa shape index (κ1) is 23.7. The Morgan fingerprint density at radius 2 is 1.79 bits per heavy atom. The van der Waals surface area contributed by atoms with E-state index < -0.39 is 5.60 Å². The number of nitrogens with zero attached hydrogens (tertiary/aromatic N) is 1. The maximum absolute atomic E-state index is 11.9. The molecular formula is C21H40N4O4. The van der Waals surface area contributed by atoms with E-state index in [-0.39, 0.29) is 12.1 Å². The van der Waals surface area contributed by atoms with Crippen LogP contribution in [0, 0.1) is 5.92 Å². The summed E-state index contributed by atoms with van der Waals surface area (Å²) in [5.74, 6) is 1.40. The van der Waals surface area contributed by atoms with Gasteiger partial charge in [0.1, 0.15) is 5.60 Å². The van der Waals surface area contributed by atoms with Crippen LogP contribution in [0.25, 0.3) is 0 Å². The Bertz CT molecular complexity index is 507. The molecule has 0 aromatic carbocycles. The molecule has 2 aliphatic rings. The summed E-state index contributed by atoms with van der Waals surface area (Å²) in [6.07, 6.45) is 5.60. The lowest BCUT2D eigenvalue weighted by Gasteiger charge is -2.31. The van der Waals surface area contributed by atoms with Crippen molar-refractivity contribution in [3.63, 3.8) is 0 Å². The fraction of sp³-hybridized carbons (Fsp3) is 0.905. The van der Waals surface area contributed by atoms with Gasteiger partial charge >= 0.3 is 6.09 Å². The average molecular weight is 413 g/mol. The zero-order valence-corrected chi connectivity index (χ0v) is 18.6. The van der Waals surface area contributed by atoms with Crippen LogP contribution in [0.15, 0.2) is 4.99 Å². The Kier molecular flexibility index (Phi) is 10.0. The van der Waals surface area contributed by atoms with Crippen molar-refractivity contribution in [1.82, 2.24) is 16.0 Å². The van der Waals surface area contributed by atoms with Crippen molar-refractivity contribution >= 4 is 12.1 Å². The van der Waals surface area contributed by atoms with Gasteiger partial charge in [-0.15, -0.1) is 0 Å². The summed E-state index contributed by atoms with van der Waals surface area (Å²) in [6, 6.07) is 0.553. The van der Waals surface area contributed by atoms with Gasteiger partial charge < -0.3 is 30.2 Å². The molecule has 1 saturated carbocycles. The first-order valence-electron chi connectivity index (χ1n) is 11.0. The second-order valence-corrected chi connectivity index (χ2v) is 9.00. The summed E-state index contributed by atoms with van der Waals surface area (Å²) in [4.78, 5) is 16.2. The first-order chi connectivity index (χ1) is 13.9. The minimum absolute atomic E-state index is 0.181. The fourth-order valence-corrected chi connectivity index (χ4v) is 3.59. The lowest BCUT2D eigenvalue weighted by Crippen LogP contribution is -2.48. The Balaban J connectivity index is 1.53. The molecule has 8 heteroatoms. The first-order valence-corrected chi connectivity index (χ1v) is 11.0. The Morgan fingerprint density at radius 1 is 1.10 bits per heavy atom. The van der Waals surface area contributed by atoms with Crippen LogP contribution >= 0.6 is 0 Å². The summed E-state index contributed by atoms with van der Waals surface area (Å²) >= 11 is 0. The highest BCUT2D eigenvalue weighted by atomic mass is 16.6. The van der Waals surface area contributed by atoms with Crippen molar-refractivity contribution < 1.29 is 19.0 Å². The molecule has 1 saturated heterocycles. The predicted molar refractivity (Wildman–Crippen MR) is 114 cm³/mol. The minimum Gasteiger partial charge on any atom is -0.444 e. The smallest absolute Gasteiger partial charge is 0.407 e. The number of nitrogens with one attached hydrogen (secondary N) is 3. The third kappa shape index (κ3) is 10.2. The molecule has 1 amide bonds. The van der Waals surface area contributed by atoms with Crippen LogP contribution < -0.4 is 16.0 Å². The predicted octanol–water partition coefficient (Wildman–Crippen LogP) is 2.43. The Hall–Kier alpha value is -1.54. The number of aliphatic imine (C=N–C) groups is 1. The molecule has 29 heavy (non-hydrogen) atoms. The second kappa shape index (κ2) is 12.2. The molecule has 3 N–H and O–H groups in total. The van der Waals surface area contributed by atoms with Crippen LogP contribution in [0.1, 0.15) is 59.3 Å². The molecule has 0 spiro atoms. The number of guanidine groups is 1. The second-order valence-electron chi connectivity index (χ2n) is 9.00. The quantitative estimate of drug-likeness (QED) is 0.322. The molecular weight excluding hydrogens is 372 g/mol. The lowest BCUT2D eigenvalue weighted by atomic mass is 9.91. The number of ether oxygens (including phenoxy) is 3. The standard InChI is InChI=1S/C21H40N4O4/c1-21(2,3)29-20(26)25-18-8-6-17(7-9-18)24-19(22-4)23-11-5-12-27-14-16-10-13-28-15-16/h16-18H,5-15H2,1-4H3,(H,25,26)(H2,22,23,24). The van der Waals surface area contributed by atoms with E-state index in [1.807, 2.05) is 20.8 Å². The molecule has 2 fully saturated rings. The van der Waals surface area contributed by atoms with Gasteiger partial charge in [-0.25, -0.2) is 4.79 Å². The van der Waals surface area contributed by atoms with Crippen LogP contribution in [-0.4, -0.2) is 69.8 Å². The molecule has 0 radical (unpaired) electrons. The molecule has 0 aromatic heterocycles. The van der Waals surface area contributed by atoms with Gasteiger partial charge in [-0.2, -0.15) is 0 Å². The van der Waals surface area contributed by atoms with Gasteiger partial charge in [0, 0.05) is 44.8 Å². The Morgan fingerprint density at radius 3 is 2.38 bits per heavy atom. The fourth-order valence-electron chi connectivity index (χ4n) is 3.59. The van der Waals surface area contributed by atoms with Gasteiger partial charge in [0.15, 0.2) is 5.96 Å². The average Bonchev–Trinajstić information content (AvgIpc) is 3.17. The molecule has 1 aliphatic heterocycles. The van der Waals surface area contributed by atoms with E-state index >= 15 is 0 Å². The maximum atomic E-state index is 11.9. The summed E-state index contributed by atoms with van der Waals surface area (Å²) in [6.45, 7) is 9.72. The van der Waals surface area contributed by atoms with E-state index in [4.69, 9.17) is 14.2 Å². The van der Waals surface area contributed by atoms with Crippen molar-refractivity contribution in [3.05, 3.63) is 0 Å². The Labute approximate surface area is 175 Å². The van der Waals surface area contributed by atoms with E-state index in [0.29, 0.717) is 12.0 Å². The molecule has 1 unspecified atom stereocenters. The van der Waals surface area contributed by atoms with Crippen molar-refractivity contribution in [2.75, 3.05) is 40.0 Å². The number of amides is 1. The number of rotatable bonds is 8. The third-order valence-corrected chi connectivity index (χ3v) is 5.15. The number of hydrogen-bond acceptors (Lipinski definition) is 5. The van der Waals surface area contributed by atoms with E-state index in [9.17, 15) is 4.79 Å². The van der Waals surface area contributed by atoms with Crippen molar-refractivity contribution in [2.24, 2.45) is 10.9 Å². The summed E-state index contributed by atoms with van der Waals surface area (Å²) in [7, 11) is 1.79. The van der Waals surface area contributed by atoms with Crippen LogP contribution in [0.4, 0.5) is 4.79 Å². The van der Waals surface area contributed by atoms with E-state index in [0.717, 1.165) is 77.5 Å². The molecule has 168 valence electrons. The number of alkyl carbamates (subject to hydrolysis) is 1. The zero-order valence-electron chi connectivity index (χ0n) is 18.6. The van der Waals surface area contributed by atoms with Crippen LogP contribution in [0.3, 0.4) is 0 Å². The number of hydrogen-bond donors (Lipinski definition) is 3. The van der Waals surface area contributed by atoms with E-state index in [1.165, 1.54) is 0 Å². The van der Waals surface area contributed by atoms with Crippen LogP contribution in [0.5, 0.6) is 0 Å². The topological polar surface area (TPSA) is 93.2 Å². The third-order valence-electron chi connectivity index (χ3n) is 5.15. The number of carbonyl (C=O) groups is 1. The highest BCUT2D eigenvalue weighted by Crippen LogP contribution is 2.19. The maximum Gasteiger partial charge on any atom is 0.407 e. The van der Waals surface area contributed by atoms with Gasteiger partial charge in [0.25, 0.3) is 0 Å². The van der Waals surface area contributed by atoms with Gasteiger partial charge in [0.05, 0.1) is 13.2 Å². The van der Waals surface area contributed by atoms with Gasteiger partial charge in [-0.05, 0) is 59.3 Å². The SMILES string of the molecule is CN=C(NCCCOCC1CCOC1)NC1CCC(NC(=O)OC(C)(C)C)CC1. The normalized spacial score (nSPS) is 25.5. The highest BCUT2D eigenvalue weighted by Gasteiger charge is 2.25. The molecule has 0 aromatic rings. The summed E-state index contributed by atoms with van der Waals surface area (Å²) < 4.78 is 16.4. The zero-order chi connectivity index (χ0) is 21.1. The largest absolute Gasteiger partial charge is 0.444 e. The van der Waals surface area contributed by atoms with Crippen molar-refractivity contribution in [2.45, 2.75) is 77.0 Å². The highest BCUT2D eigenvalue weighted by molar-refractivity contribution is 5.79. The van der Waals surface area contributed by atoms with Crippen molar-refractivity contribution in [3.8, 4) is 0 Å². The molecule has 2 rings (SSSR count). The summed E-state index contributed by atoms with van der Waals surface area (Å²) in [5.41, 5.74) is -0.461. The lowest BCUT2D eigenvalue weighted by molar-refractivity contribution is 0.0490. The van der Waals surface area contributed by atoms with Crippen LogP contribution in [-0.2, 0) is 14.2 Å². The van der Waals surface area contributed by atoms with Gasteiger partial charge in [-0.3, -0.25) is 4.99 Å².